The maximum atomic E-state index is 14.5. The molecule has 114 heavy (non-hydrogen) atoms. The van der Waals surface area contributed by atoms with E-state index in [1.165, 1.54) is 109 Å². The molecule has 3 rings (SSSR count). The van der Waals surface area contributed by atoms with Gasteiger partial charge in [-0.1, -0.05) is 88.4 Å². The fourth-order valence-electron chi connectivity index (χ4n) is 12.0. The highest BCUT2D eigenvalue weighted by molar-refractivity contribution is 6.03. The number of likely N-dealkylation sites (tertiary alicyclic amines) is 1. The van der Waals surface area contributed by atoms with E-state index in [-0.39, 0.29) is 50.5 Å². The number of benzene rings is 2. The van der Waals surface area contributed by atoms with Crippen LogP contribution < -0.4 is 85.9 Å². The number of hydrogen-bond donors (Lipinski definition) is 18. The van der Waals surface area contributed by atoms with E-state index in [4.69, 9.17) is 11.5 Å². The number of nitrogens with zero attached hydrogens (tertiary/aromatic N) is 1. The number of aliphatic hydroxyl groups excluding tert-OH is 2. The minimum atomic E-state index is -1.94. The van der Waals surface area contributed by atoms with E-state index in [2.05, 4.69) is 74.4 Å². The van der Waals surface area contributed by atoms with Crippen LogP contribution in [-0.4, -0.2) is 222 Å². The standard InChI is InChI=1S/C78H123N17O19/c1-43(2)37-51(58(101)81-48(41-96)39-46-27-22-20-23-28-46)86-66(109)73(8,9)89-60(103)49(32-34-56(79)99)84-67(110)74(10,11)93-69(112)76(14,15)90-61(104)50(33-35-57(80)100)85-68(111)75(12,13)94-70(113)77(16,17)91-62(105)52(38-44(3)4)83-64(107)55-31-26-36-95(55)71(114)78(18,19)92-63(106)53(40-47-29-24-21-25-30-47)82-59(102)54(42-97)87-65(108)72(6,7)88-45(5)98/h20-25,27-30,43-44,48-55,96-97H,26,31-42H2,1-19H3,(H2,79,99)(H2,80,100)(H,81,101)(H,82,102)(H,83,107)(H,84,110)(H,85,111)(H,86,109)(H,87,108)(H,88,98)(H,89,103)(H,90,104)(H,91,105)(H,92,106)(H,93,112)(H,94,113). The molecule has 1 aliphatic rings. The Balaban J connectivity index is 1.75. The molecule has 2 aromatic rings. The smallest absolute Gasteiger partial charge is 0.248 e. The summed E-state index contributed by atoms with van der Waals surface area (Å²) in [7, 11) is 0. The van der Waals surface area contributed by atoms with Gasteiger partial charge in [0.15, 0.2) is 0 Å². The van der Waals surface area contributed by atoms with Crippen LogP contribution >= 0.6 is 0 Å². The second-order valence-electron chi connectivity index (χ2n) is 33.5. The van der Waals surface area contributed by atoms with Crippen molar-refractivity contribution in [2.24, 2.45) is 23.3 Å². The van der Waals surface area contributed by atoms with Crippen LogP contribution in [0, 0.1) is 11.8 Å². The van der Waals surface area contributed by atoms with Gasteiger partial charge in [-0.2, -0.15) is 0 Å². The molecule has 20 N–H and O–H groups in total. The van der Waals surface area contributed by atoms with E-state index >= 15 is 0 Å². The lowest BCUT2D eigenvalue weighted by Gasteiger charge is -2.36. The van der Waals surface area contributed by atoms with Crippen molar-refractivity contribution in [3.05, 3.63) is 71.8 Å². The maximum absolute atomic E-state index is 14.5. The Morgan fingerprint density at radius 1 is 0.395 bits per heavy atom. The van der Waals surface area contributed by atoms with Crippen LogP contribution in [0.25, 0.3) is 0 Å². The van der Waals surface area contributed by atoms with Crippen molar-refractivity contribution in [3.8, 4) is 0 Å². The number of carbonyl (C=O) groups excluding carboxylic acids is 17. The number of amides is 17. The first kappa shape index (κ1) is 97.5. The molecule has 36 nitrogen and oxygen atoms in total. The summed E-state index contributed by atoms with van der Waals surface area (Å²) in [6.45, 7) is 25.6. The van der Waals surface area contributed by atoms with Gasteiger partial charge in [-0.25, -0.2) is 0 Å². The molecule has 0 aliphatic carbocycles. The third kappa shape index (κ3) is 30.7. The molecule has 0 bridgehead atoms. The minimum Gasteiger partial charge on any atom is -0.394 e. The first-order valence-corrected chi connectivity index (χ1v) is 38.1. The van der Waals surface area contributed by atoms with Crippen LogP contribution in [0.1, 0.15) is 194 Å². The molecule has 634 valence electrons. The summed E-state index contributed by atoms with van der Waals surface area (Å²) in [5.41, 5.74) is -0.300. The summed E-state index contributed by atoms with van der Waals surface area (Å²) in [6, 6.07) is 7.16. The largest absolute Gasteiger partial charge is 0.394 e. The molecule has 0 aromatic heterocycles. The lowest BCUT2D eigenvalue weighted by Crippen LogP contribution is -2.67. The van der Waals surface area contributed by atoms with E-state index in [1.807, 2.05) is 44.2 Å². The van der Waals surface area contributed by atoms with Crippen molar-refractivity contribution >= 4 is 100 Å². The molecule has 1 aliphatic heterocycles. The van der Waals surface area contributed by atoms with Crippen molar-refractivity contribution < 1.29 is 91.7 Å². The zero-order valence-electron chi connectivity index (χ0n) is 69.2. The van der Waals surface area contributed by atoms with Crippen molar-refractivity contribution in [2.45, 2.75) is 283 Å². The Morgan fingerprint density at radius 2 is 0.737 bits per heavy atom. The highest BCUT2D eigenvalue weighted by Crippen LogP contribution is 2.24. The minimum absolute atomic E-state index is 0.0217. The molecule has 2 aromatic carbocycles. The summed E-state index contributed by atoms with van der Waals surface area (Å²) in [5, 5.41) is 56.4. The van der Waals surface area contributed by atoms with Crippen molar-refractivity contribution in [2.75, 3.05) is 19.8 Å². The van der Waals surface area contributed by atoms with Gasteiger partial charge in [-0.3, -0.25) is 81.5 Å². The monoisotopic (exact) mass is 1600 g/mol. The Hall–Kier alpha value is -10.7. The van der Waals surface area contributed by atoms with Crippen LogP contribution in [-0.2, 0) is 94.3 Å². The highest BCUT2D eigenvalue weighted by atomic mass is 16.3. The fourth-order valence-corrected chi connectivity index (χ4v) is 12.0. The molecule has 1 saturated heterocycles. The van der Waals surface area contributed by atoms with Crippen LogP contribution in [0.2, 0.25) is 0 Å². The zero-order chi connectivity index (χ0) is 87.0. The average Bonchev–Trinajstić information content (AvgIpc) is 1.52. The number of nitrogens with one attached hydrogen (secondary N) is 14. The molecule has 1 fully saturated rings. The Kier molecular flexibility index (Phi) is 35.9. The second-order valence-corrected chi connectivity index (χ2v) is 33.5. The first-order valence-electron chi connectivity index (χ1n) is 38.1. The van der Waals surface area contributed by atoms with Gasteiger partial charge < -0.3 is 101 Å². The number of rotatable bonds is 44. The average molecular weight is 1600 g/mol. The fraction of sp³-hybridized carbons (Fsp3) is 0.628. The molecule has 1 heterocycles. The molecule has 0 radical (unpaired) electrons. The van der Waals surface area contributed by atoms with Gasteiger partial charge >= 0.3 is 0 Å². The van der Waals surface area contributed by atoms with Gasteiger partial charge in [-0.15, -0.1) is 0 Å². The summed E-state index contributed by atoms with van der Waals surface area (Å²) in [5.74, 6) is -14.9. The lowest BCUT2D eigenvalue weighted by atomic mass is 9.96. The molecule has 0 saturated carbocycles. The predicted molar refractivity (Wildman–Crippen MR) is 420 cm³/mol. The number of hydrogen-bond acceptors (Lipinski definition) is 19. The van der Waals surface area contributed by atoms with Crippen molar-refractivity contribution in [3.63, 3.8) is 0 Å². The Labute approximate surface area is 666 Å². The molecule has 8 atom stereocenters. The Morgan fingerprint density at radius 3 is 1.13 bits per heavy atom. The van der Waals surface area contributed by atoms with Crippen LogP contribution in [0.15, 0.2) is 60.7 Å². The molecule has 0 spiro atoms. The zero-order valence-corrected chi connectivity index (χ0v) is 69.2. The second kappa shape index (κ2) is 41.9. The number of aliphatic hydroxyl groups is 2. The van der Waals surface area contributed by atoms with Gasteiger partial charge in [0, 0.05) is 32.7 Å². The van der Waals surface area contributed by atoms with Gasteiger partial charge in [0.1, 0.15) is 81.1 Å². The normalized spacial score (nSPS) is 15.3. The third-order valence-corrected chi connectivity index (χ3v) is 18.7. The van der Waals surface area contributed by atoms with Gasteiger partial charge in [0.2, 0.25) is 100 Å². The first-order chi connectivity index (χ1) is 52.5. The van der Waals surface area contributed by atoms with E-state index in [9.17, 15) is 91.7 Å². The molecular weight excluding hydrogens is 1480 g/mol. The lowest BCUT2D eigenvalue weighted by molar-refractivity contribution is -0.145. The summed E-state index contributed by atoms with van der Waals surface area (Å²) < 4.78 is 0. The SMILES string of the molecule is CC(=O)NC(C)(C)C(=O)NC(CO)C(=O)NC(Cc1ccccc1)C(=O)NC(C)(C)C(=O)N1CCCC1C(=O)NC(CC(C)C)C(=O)NC(C)(C)C(=O)NC(C)(C)C(=O)NC(CCC(N)=O)C(=O)NC(C)(C)C(=O)NC(C)(C)C(=O)NC(CCC(N)=O)C(=O)NC(C)(C)C(=O)NC(CC(C)C)C(=O)NC(CO)Cc1ccccc1. The maximum Gasteiger partial charge on any atom is 0.248 e. The van der Waals surface area contributed by atoms with Gasteiger partial charge in [-0.05, 0) is 165 Å². The Bertz CT molecular complexity index is 3800. The van der Waals surface area contributed by atoms with E-state index in [1.54, 1.807) is 44.2 Å². The van der Waals surface area contributed by atoms with Crippen LogP contribution in [0.5, 0.6) is 0 Å². The van der Waals surface area contributed by atoms with E-state index in [0.29, 0.717) is 18.4 Å². The number of carbonyl (C=O) groups is 17. The third-order valence-electron chi connectivity index (χ3n) is 18.7. The molecule has 17 amide bonds. The molecule has 36 heteroatoms. The van der Waals surface area contributed by atoms with Crippen LogP contribution in [0.4, 0.5) is 0 Å². The topological polar surface area (TPSA) is 554 Å². The van der Waals surface area contributed by atoms with Gasteiger partial charge in [0.25, 0.3) is 0 Å². The van der Waals surface area contributed by atoms with Crippen LogP contribution in [0.3, 0.4) is 0 Å². The van der Waals surface area contributed by atoms with E-state index in [0.717, 1.165) is 5.56 Å². The summed E-state index contributed by atoms with van der Waals surface area (Å²) in [4.78, 5) is 234. The van der Waals surface area contributed by atoms with E-state index < -0.39 is 220 Å². The summed E-state index contributed by atoms with van der Waals surface area (Å²) >= 11 is 0. The van der Waals surface area contributed by atoms with Crippen molar-refractivity contribution in [1.82, 2.24) is 79.3 Å². The van der Waals surface area contributed by atoms with Gasteiger partial charge in [0.05, 0.1) is 19.3 Å². The number of primary amides is 2. The van der Waals surface area contributed by atoms with Crippen molar-refractivity contribution in [1.29, 1.82) is 0 Å². The molecule has 8 unspecified atom stereocenters. The highest BCUT2D eigenvalue weighted by Gasteiger charge is 2.47. The number of nitrogens with two attached hydrogens (primary N) is 2. The summed E-state index contributed by atoms with van der Waals surface area (Å²) in [6.07, 6.45) is -0.896. The quantitative estimate of drug-likeness (QED) is 0.0333. The predicted octanol–water partition coefficient (Wildman–Crippen LogP) is -2.25. The molecular formula is C78H123N17O19.